The maximum Gasteiger partial charge on any atom is 0.223 e. The summed E-state index contributed by atoms with van der Waals surface area (Å²) in [5.41, 5.74) is 7.84. The number of hydrogen-bond donors (Lipinski definition) is 2. The van der Waals surface area contributed by atoms with Crippen LogP contribution in [0.2, 0.25) is 0 Å². The third kappa shape index (κ3) is 4.65. The molecule has 1 aromatic carbocycles. The van der Waals surface area contributed by atoms with Gasteiger partial charge in [-0.15, -0.1) is 11.3 Å². The summed E-state index contributed by atoms with van der Waals surface area (Å²) in [5, 5.41) is 5.63. The fourth-order valence-corrected chi connectivity index (χ4v) is 6.62. The summed E-state index contributed by atoms with van der Waals surface area (Å²) in [6, 6.07) is 10.2. The number of ether oxygens (including phenoxy) is 1. The molecule has 1 amide bonds. The average molecular weight is 490 g/mol. The first kappa shape index (κ1) is 22.5. The van der Waals surface area contributed by atoms with Gasteiger partial charge in [-0.05, 0) is 73.3 Å². The third-order valence-electron chi connectivity index (χ3n) is 7.60. The molecular formula is C27H31N5O2S. The van der Waals surface area contributed by atoms with E-state index >= 15 is 0 Å². The van der Waals surface area contributed by atoms with Crippen LogP contribution in [0.15, 0.2) is 47.9 Å². The molecule has 1 aliphatic heterocycles. The SMILES string of the molecule is NC(=O)C1C2C=CC(C2)C1Nc1nc(Cc2ccc(OCCN3CCCC3)cc2)nc2ccsc12. The Labute approximate surface area is 209 Å². The number of hydrogen-bond acceptors (Lipinski definition) is 7. The van der Waals surface area contributed by atoms with Gasteiger partial charge in [0.2, 0.25) is 5.91 Å². The van der Waals surface area contributed by atoms with Crippen LogP contribution in [0.1, 0.15) is 30.7 Å². The molecule has 6 rings (SSSR count). The van der Waals surface area contributed by atoms with Crippen LogP contribution in [-0.4, -0.2) is 53.1 Å². The topological polar surface area (TPSA) is 93.4 Å². The normalized spacial score (nSPS) is 25.5. The predicted molar refractivity (Wildman–Crippen MR) is 139 cm³/mol. The van der Waals surface area contributed by atoms with E-state index < -0.39 is 0 Å². The molecule has 0 radical (unpaired) electrons. The van der Waals surface area contributed by atoms with Gasteiger partial charge in [-0.2, -0.15) is 0 Å². The molecule has 1 saturated carbocycles. The van der Waals surface area contributed by atoms with E-state index in [0.29, 0.717) is 12.3 Å². The van der Waals surface area contributed by atoms with Gasteiger partial charge in [0.1, 0.15) is 24.0 Å². The molecule has 2 aromatic heterocycles. The summed E-state index contributed by atoms with van der Waals surface area (Å²) in [5.74, 6) is 2.56. The van der Waals surface area contributed by atoms with Gasteiger partial charge in [0.25, 0.3) is 0 Å². The first-order valence-electron chi connectivity index (χ1n) is 12.6. The molecule has 2 aliphatic carbocycles. The lowest BCUT2D eigenvalue weighted by molar-refractivity contribution is -0.122. The maximum absolute atomic E-state index is 12.2. The van der Waals surface area contributed by atoms with Crippen molar-refractivity contribution < 1.29 is 9.53 Å². The Balaban J connectivity index is 1.15. The number of benzene rings is 1. The first-order chi connectivity index (χ1) is 17.1. The second kappa shape index (κ2) is 9.59. The van der Waals surface area contributed by atoms with Crippen LogP contribution in [0.4, 0.5) is 5.82 Å². The van der Waals surface area contributed by atoms with E-state index in [9.17, 15) is 4.79 Å². The Morgan fingerprint density at radius 1 is 1.11 bits per heavy atom. The summed E-state index contributed by atoms with van der Waals surface area (Å²) in [7, 11) is 0. The summed E-state index contributed by atoms with van der Waals surface area (Å²) < 4.78 is 6.96. The zero-order valence-electron chi connectivity index (χ0n) is 19.7. The Bertz CT molecular complexity index is 1230. The molecule has 3 heterocycles. The number of nitrogens with zero attached hydrogens (tertiary/aromatic N) is 3. The van der Waals surface area contributed by atoms with Crippen LogP contribution in [0, 0.1) is 17.8 Å². The van der Waals surface area contributed by atoms with Crippen LogP contribution in [0.5, 0.6) is 5.75 Å². The van der Waals surface area contributed by atoms with Crippen LogP contribution < -0.4 is 15.8 Å². The number of carbonyl (C=O) groups excluding carboxylic acids is 1. The van der Waals surface area contributed by atoms with Crippen molar-refractivity contribution in [1.82, 2.24) is 14.9 Å². The number of fused-ring (bicyclic) bond motifs is 3. The molecule has 2 fully saturated rings. The number of amides is 1. The summed E-state index contributed by atoms with van der Waals surface area (Å²) in [6.07, 6.45) is 8.56. The molecule has 3 aliphatic rings. The van der Waals surface area contributed by atoms with Crippen LogP contribution in [-0.2, 0) is 11.2 Å². The number of nitrogens with one attached hydrogen (secondary N) is 1. The van der Waals surface area contributed by atoms with Gasteiger partial charge in [0, 0.05) is 19.0 Å². The number of thiophene rings is 1. The fourth-order valence-electron chi connectivity index (χ4n) is 5.84. The number of rotatable bonds is 9. The van der Waals surface area contributed by atoms with E-state index in [2.05, 4.69) is 34.5 Å². The average Bonchev–Trinajstić information content (AvgIpc) is 3.65. The van der Waals surface area contributed by atoms with Crippen molar-refractivity contribution in [2.45, 2.75) is 31.7 Å². The first-order valence-corrected chi connectivity index (χ1v) is 13.4. The molecule has 2 bridgehead atoms. The minimum absolute atomic E-state index is 0.0208. The van der Waals surface area contributed by atoms with E-state index in [-0.39, 0.29) is 23.8 Å². The van der Waals surface area contributed by atoms with Gasteiger partial charge < -0.3 is 15.8 Å². The Kier molecular flexibility index (Phi) is 6.16. The van der Waals surface area contributed by atoms with Gasteiger partial charge in [-0.25, -0.2) is 9.97 Å². The Hall–Kier alpha value is -2.97. The summed E-state index contributed by atoms with van der Waals surface area (Å²) >= 11 is 1.62. The zero-order valence-corrected chi connectivity index (χ0v) is 20.5. The second-order valence-corrected chi connectivity index (χ2v) is 10.8. The highest BCUT2D eigenvalue weighted by molar-refractivity contribution is 7.17. The summed E-state index contributed by atoms with van der Waals surface area (Å²) in [4.78, 5) is 24.3. The number of allylic oxidation sites excluding steroid dienone is 1. The van der Waals surface area contributed by atoms with E-state index in [1.807, 2.05) is 23.6 Å². The van der Waals surface area contributed by atoms with Gasteiger partial charge in [-0.3, -0.25) is 9.69 Å². The standard InChI is InChI=1S/C27H31N5O2S/c28-26(33)23-18-5-6-19(16-18)24(23)31-27-25-21(9-14-35-25)29-22(30-27)15-17-3-7-20(8-4-17)34-13-12-32-10-1-2-11-32/h3-9,14,18-19,23-24H,1-2,10-13,15-16H2,(H2,28,33)(H,29,30,31). The molecule has 3 aromatic rings. The summed E-state index contributed by atoms with van der Waals surface area (Å²) in [6.45, 7) is 4.09. The smallest absolute Gasteiger partial charge is 0.223 e. The van der Waals surface area contributed by atoms with E-state index in [1.165, 1.54) is 25.9 Å². The molecular weight excluding hydrogens is 458 g/mol. The minimum Gasteiger partial charge on any atom is -0.492 e. The molecule has 1 saturated heterocycles. The molecule has 182 valence electrons. The Morgan fingerprint density at radius 2 is 1.91 bits per heavy atom. The monoisotopic (exact) mass is 489 g/mol. The second-order valence-electron chi connectivity index (χ2n) is 9.89. The van der Waals surface area contributed by atoms with Crippen molar-refractivity contribution in [3.63, 3.8) is 0 Å². The number of anilines is 1. The molecule has 4 unspecified atom stereocenters. The van der Waals surface area contributed by atoms with Gasteiger partial charge in [-0.1, -0.05) is 24.3 Å². The quantitative estimate of drug-likeness (QED) is 0.444. The van der Waals surface area contributed by atoms with Crippen LogP contribution in [0.25, 0.3) is 10.2 Å². The van der Waals surface area contributed by atoms with E-state index in [0.717, 1.165) is 52.7 Å². The molecule has 7 nitrogen and oxygen atoms in total. The number of nitrogens with two attached hydrogens (primary N) is 1. The highest BCUT2D eigenvalue weighted by Crippen LogP contribution is 2.45. The Morgan fingerprint density at radius 3 is 2.71 bits per heavy atom. The molecule has 35 heavy (non-hydrogen) atoms. The van der Waals surface area contributed by atoms with Gasteiger partial charge in [0.15, 0.2) is 0 Å². The van der Waals surface area contributed by atoms with Crippen molar-refractivity contribution in [1.29, 1.82) is 0 Å². The number of carbonyl (C=O) groups is 1. The van der Waals surface area contributed by atoms with Gasteiger partial charge >= 0.3 is 0 Å². The lowest BCUT2D eigenvalue weighted by atomic mass is 9.88. The molecule has 4 atom stereocenters. The number of likely N-dealkylation sites (tertiary alicyclic amines) is 1. The highest BCUT2D eigenvalue weighted by Gasteiger charge is 2.47. The minimum atomic E-state index is -0.237. The molecule has 8 heteroatoms. The van der Waals surface area contributed by atoms with Crippen molar-refractivity contribution in [2.75, 3.05) is 31.6 Å². The van der Waals surface area contributed by atoms with Crippen molar-refractivity contribution in [3.05, 3.63) is 59.3 Å². The van der Waals surface area contributed by atoms with E-state index in [1.54, 1.807) is 11.3 Å². The molecule has 3 N–H and O–H groups in total. The van der Waals surface area contributed by atoms with Crippen LogP contribution in [0.3, 0.4) is 0 Å². The number of primary amides is 1. The largest absolute Gasteiger partial charge is 0.492 e. The zero-order chi connectivity index (χ0) is 23.8. The predicted octanol–water partition coefficient (Wildman–Crippen LogP) is 3.84. The third-order valence-corrected chi connectivity index (χ3v) is 8.51. The lowest BCUT2D eigenvalue weighted by Gasteiger charge is -2.27. The van der Waals surface area contributed by atoms with Crippen LogP contribution >= 0.6 is 11.3 Å². The van der Waals surface area contributed by atoms with E-state index in [4.69, 9.17) is 20.4 Å². The lowest BCUT2D eigenvalue weighted by Crippen LogP contribution is -2.41. The fraction of sp³-hybridized carbons (Fsp3) is 0.444. The number of aromatic nitrogens is 2. The molecule has 0 spiro atoms. The van der Waals surface area contributed by atoms with Crippen molar-refractivity contribution in [2.24, 2.45) is 23.5 Å². The van der Waals surface area contributed by atoms with Gasteiger partial charge in [0.05, 0.1) is 16.1 Å². The van der Waals surface area contributed by atoms with Crippen molar-refractivity contribution in [3.8, 4) is 5.75 Å². The highest BCUT2D eigenvalue weighted by atomic mass is 32.1. The van der Waals surface area contributed by atoms with Crippen molar-refractivity contribution >= 4 is 33.3 Å². The maximum atomic E-state index is 12.2.